The molecule has 1 atom stereocenters. The fourth-order valence-corrected chi connectivity index (χ4v) is 6.91. The lowest BCUT2D eigenvalue weighted by molar-refractivity contribution is -0.132. The predicted octanol–water partition coefficient (Wildman–Crippen LogP) is 3.62. The minimum absolute atomic E-state index is 0.0136. The molecule has 0 radical (unpaired) electrons. The van der Waals surface area contributed by atoms with Gasteiger partial charge in [0.05, 0.1) is 17.0 Å². The quantitative estimate of drug-likeness (QED) is 0.245. The summed E-state index contributed by atoms with van der Waals surface area (Å²) in [6, 6.07) is 10.1. The van der Waals surface area contributed by atoms with E-state index in [1.54, 1.807) is 0 Å². The Kier molecular flexibility index (Phi) is 8.27. The Morgan fingerprint density at radius 2 is 1.53 bits per heavy atom. The summed E-state index contributed by atoms with van der Waals surface area (Å²) in [5, 5.41) is 2.61. The minimum Gasteiger partial charge on any atom is -0.427 e. The number of hydrogen-bond donors (Lipinski definition) is 1. The molecular weight excluding hydrogens is 510 g/mol. The zero-order chi connectivity index (χ0) is 27.4. The second-order valence-corrected chi connectivity index (χ2v) is 11.4. The first-order valence-electron chi connectivity index (χ1n) is 12.6. The van der Waals surface area contributed by atoms with Crippen molar-refractivity contribution >= 4 is 45.1 Å². The zero-order valence-electron chi connectivity index (χ0n) is 21.4. The average Bonchev–Trinajstić information content (AvgIpc) is 3.01. The highest BCUT2D eigenvalue weighted by atomic mass is 32.2. The number of ether oxygens (including phenoxy) is 1. The average molecular weight is 542 g/mol. The summed E-state index contributed by atoms with van der Waals surface area (Å²) in [6.07, 6.45) is 4.53. The van der Waals surface area contributed by atoms with Crippen LogP contribution in [0.5, 0.6) is 5.75 Å². The standard InChI is InChI=1S/C27H31N3O7S/c1-18(31)28-20-9-15-24(16-10-20)38(35,36)30(22-7-5-3-4-6-8-22)25-17-26(33)29(27(25)34)21-11-13-23(14-12-21)37-19(2)32/h9-16,22,25H,3-8,17H2,1-2H3,(H,28,31). The van der Waals surface area contributed by atoms with Gasteiger partial charge in [-0.25, -0.2) is 13.3 Å². The fraction of sp³-hybridized carbons (Fsp3) is 0.407. The summed E-state index contributed by atoms with van der Waals surface area (Å²) >= 11 is 0. The molecule has 11 heteroatoms. The van der Waals surface area contributed by atoms with Gasteiger partial charge in [-0.1, -0.05) is 25.7 Å². The first kappa shape index (κ1) is 27.5. The maximum Gasteiger partial charge on any atom is 0.308 e. The normalized spacial score (nSPS) is 18.9. The molecule has 3 amide bonds. The number of carbonyl (C=O) groups excluding carboxylic acids is 4. The largest absolute Gasteiger partial charge is 0.427 e. The molecule has 1 aliphatic carbocycles. The van der Waals surface area contributed by atoms with Gasteiger partial charge >= 0.3 is 5.97 Å². The van der Waals surface area contributed by atoms with Crippen LogP contribution in [0, 0.1) is 0 Å². The summed E-state index contributed by atoms with van der Waals surface area (Å²) in [7, 11) is -4.16. The maximum absolute atomic E-state index is 14.0. The Hall–Kier alpha value is -3.57. The van der Waals surface area contributed by atoms with Crippen LogP contribution in [0.4, 0.5) is 11.4 Å². The van der Waals surface area contributed by atoms with Gasteiger partial charge in [0.15, 0.2) is 0 Å². The molecule has 2 aliphatic rings. The molecular formula is C27H31N3O7S. The van der Waals surface area contributed by atoms with Crippen molar-refractivity contribution in [3.8, 4) is 5.75 Å². The lowest BCUT2D eigenvalue weighted by Gasteiger charge is -2.34. The van der Waals surface area contributed by atoms with Crippen molar-refractivity contribution < 1.29 is 32.3 Å². The molecule has 0 aromatic heterocycles. The van der Waals surface area contributed by atoms with Gasteiger partial charge in [0.2, 0.25) is 21.8 Å². The highest BCUT2D eigenvalue weighted by molar-refractivity contribution is 7.89. The van der Waals surface area contributed by atoms with Gasteiger partial charge in [0.25, 0.3) is 5.91 Å². The number of rotatable bonds is 7. The van der Waals surface area contributed by atoms with Gasteiger partial charge in [-0.15, -0.1) is 0 Å². The smallest absolute Gasteiger partial charge is 0.308 e. The van der Waals surface area contributed by atoms with Crippen molar-refractivity contribution in [1.82, 2.24) is 4.31 Å². The Labute approximate surface area is 222 Å². The molecule has 4 rings (SSSR count). The van der Waals surface area contributed by atoms with Crippen LogP contribution in [-0.2, 0) is 29.2 Å². The Morgan fingerprint density at radius 3 is 2.08 bits per heavy atom. The van der Waals surface area contributed by atoms with E-state index in [2.05, 4.69) is 5.32 Å². The van der Waals surface area contributed by atoms with Crippen LogP contribution < -0.4 is 15.0 Å². The van der Waals surface area contributed by atoms with Crippen LogP contribution in [0.3, 0.4) is 0 Å². The van der Waals surface area contributed by atoms with Crippen molar-refractivity contribution in [2.24, 2.45) is 0 Å². The Balaban J connectivity index is 1.68. The summed E-state index contributed by atoms with van der Waals surface area (Å²) in [4.78, 5) is 50.3. The second-order valence-electron chi connectivity index (χ2n) is 9.56. The van der Waals surface area contributed by atoms with Crippen LogP contribution in [0.1, 0.15) is 58.8 Å². The summed E-state index contributed by atoms with van der Waals surface area (Å²) in [5.74, 6) is -1.63. The summed E-state index contributed by atoms with van der Waals surface area (Å²) in [6.45, 7) is 2.62. The Bertz CT molecular complexity index is 1320. The van der Waals surface area contributed by atoms with Crippen LogP contribution in [0.25, 0.3) is 0 Å². The number of nitrogens with one attached hydrogen (secondary N) is 1. The van der Waals surface area contributed by atoms with Gasteiger partial charge in [-0.3, -0.25) is 19.2 Å². The van der Waals surface area contributed by atoms with Crippen molar-refractivity contribution in [3.63, 3.8) is 0 Å². The first-order chi connectivity index (χ1) is 18.1. The van der Waals surface area contributed by atoms with E-state index in [1.165, 1.54) is 66.7 Å². The molecule has 1 heterocycles. The van der Waals surface area contributed by atoms with Crippen LogP contribution in [-0.4, -0.2) is 48.5 Å². The van der Waals surface area contributed by atoms with Crippen molar-refractivity contribution in [1.29, 1.82) is 0 Å². The fourth-order valence-electron chi connectivity index (χ4n) is 5.08. The summed E-state index contributed by atoms with van der Waals surface area (Å²) in [5.41, 5.74) is 0.726. The molecule has 10 nitrogen and oxygen atoms in total. The van der Waals surface area contributed by atoms with Gasteiger partial charge in [0, 0.05) is 25.6 Å². The number of sulfonamides is 1. The van der Waals surface area contributed by atoms with Crippen LogP contribution in [0.15, 0.2) is 53.4 Å². The van der Waals surface area contributed by atoms with Crippen LogP contribution >= 0.6 is 0 Å². The number of amides is 3. The van der Waals surface area contributed by atoms with Crippen LogP contribution in [0.2, 0.25) is 0 Å². The molecule has 0 bridgehead atoms. The van der Waals surface area contributed by atoms with E-state index >= 15 is 0 Å². The minimum atomic E-state index is -4.16. The van der Waals surface area contributed by atoms with Gasteiger partial charge in [0.1, 0.15) is 11.8 Å². The highest BCUT2D eigenvalue weighted by Crippen LogP contribution is 2.35. The number of anilines is 2. The van der Waals surface area contributed by atoms with Gasteiger partial charge in [-0.2, -0.15) is 4.31 Å². The van der Waals surface area contributed by atoms with E-state index in [1.807, 2.05) is 0 Å². The molecule has 38 heavy (non-hydrogen) atoms. The van der Waals surface area contributed by atoms with E-state index in [0.717, 1.165) is 30.6 Å². The number of benzene rings is 2. The first-order valence-corrected chi connectivity index (χ1v) is 14.1. The van der Waals surface area contributed by atoms with E-state index < -0.39 is 39.9 Å². The van der Waals surface area contributed by atoms with E-state index in [0.29, 0.717) is 18.5 Å². The molecule has 2 aromatic rings. The topological polar surface area (TPSA) is 130 Å². The third kappa shape index (κ3) is 5.94. The predicted molar refractivity (Wildman–Crippen MR) is 140 cm³/mol. The number of hydrogen-bond acceptors (Lipinski definition) is 7. The highest BCUT2D eigenvalue weighted by Gasteiger charge is 2.49. The van der Waals surface area contributed by atoms with E-state index in [4.69, 9.17) is 4.74 Å². The number of nitrogens with zero attached hydrogens (tertiary/aromatic N) is 2. The summed E-state index contributed by atoms with van der Waals surface area (Å²) < 4.78 is 34.3. The van der Waals surface area contributed by atoms with Crippen molar-refractivity contribution in [2.45, 2.75) is 75.8 Å². The molecule has 1 N–H and O–H groups in total. The molecule has 0 spiro atoms. The Morgan fingerprint density at radius 1 is 0.921 bits per heavy atom. The molecule has 202 valence electrons. The van der Waals surface area contributed by atoms with Crippen molar-refractivity contribution in [3.05, 3.63) is 48.5 Å². The van der Waals surface area contributed by atoms with E-state index in [-0.39, 0.29) is 28.7 Å². The van der Waals surface area contributed by atoms with Crippen molar-refractivity contribution in [2.75, 3.05) is 10.2 Å². The van der Waals surface area contributed by atoms with E-state index in [9.17, 15) is 27.6 Å². The SMILES string of the molecule is CC(=O)Nc1ccc(S(=O)(=O)N(C2CCCCCC2)C2CC(=O)N(c3ccc(OC(C)=O)cc3)C2=O)cc1. The number of esters is 1. The molecule has 1 saturated heterocycles. The lowest BCUT2D eigenvalue weighted by atomic mass is 10.1. The molecule has 1 saturated carbocycles. The third-order valence-electron chi connectivity index (χ3n) is 6.72. The lowest BCUT2D eigenvalue weighted by Crippen LogP contribution is -2.50. The maximum atomic E-state index is 14.0. The third-order valence-corrected chi connectivity index (χ3v) is 8.70. The molecule has 1 unspecified atom stereocenters. The molecule has 2 aromatic carbocycles. The molecule has 1 aliphatic heterocycles. The number of carbonyl (C=O) groups is 4. The monoisotopic (exact) mass is 541 g/mol. The molecule has 2 fully saturated rings. The van der Waals surface area contributed by atoms with Gasteiger partial charge in [-0.05, 0) is 61.4 Å². The van der Waals surface area contributed by atoms with Gasteiger partial charge < -0.3 is 10.1 Å². The number of imide groups is 1. The zero-order valence-corrected chi connectivity index (χ0v) is 22.2. The second kappa shape index (κ2) is 11.4.